The summed E-state index contributed by atoms with van der Waals surface area (Å²) in [5.41, 5.74) is -11.1. The van der Waals surface area contributed by atoms with Crippen molar-refractivity contribution in [3.63, 3.8) is 0 Å². The summed E-state index contributed by atoms with van der Waals surface area (Å²) in [5, 5.41) is 11.4. The van der Waals surface area contributed by atoms with Crippen LogP contribution in [0.15, 0.2) is 42.5 Å². The number of phenols is 1. The van der Waals surface area contributed by atoms with Gasteiger partial charge in [-0.05, 0) is 22.9 Å². The van der Waals surface area contributed by atoms with Gasteiger partial charge in [0, 0.05) is 0 Å². The number of hydrogen-bond acceptors (Lipinski definition) is 5. The fourth-order valence-corrected chi connectivity index (χ4v) is 1.18. The zero-order valence-electron chi connectivity index (χ0n) is 12.6. The van der Waals surface area contributed by atoms with Crippen LogP contribution in [0.4, 0.5) is 26.3 Å². The SMILES string of the molecule is O=S(=O)(O)C(F)(F)F.O=S(=O)(O)C(F)(F)F.Oc1ccc2ccccc2c1. The molecule has 0 aliphatic heterocycles. The predicted octanol–water partition coefficient (Wildman–Crippen LogP) is 3.33. The van der Waals surface area contributed by atoms with Crippen molar-refractivity contribution in [3.8, 4) is 5.75 Å². The van der Waals surface area contributed by atoms with Crippen molar-refractivity contribution in [2.24, 2.45) is 0 Å². The van der Waals surface area contributed by atoms with Gasteiger partial charge in [0.2, 0.25) is 0 Å². The largest absolute Gasteiger partial charge is 0.522 e. The van der Waals surface area contributed by atoms with Crippen LogP contribution in [0.1, 0.15) is 0 Å². The van der Waals surface area contributed by atoms with E-state index in [1.165, 1.54) is 0 Å². The zero-order valence-corrected chi connectivity index (χ0v) is 14.2. The Bertz CT molecular complexity index is 924. The average Bonchev–Trinajstić information content (AvgIpc) is 2.44. The maximum Gasteiger partial charge on any atom is 0.522 e. The summed E-state index contributed by atoms with van der Waals surface area (Å²) < 4.78 is 115. The molecule has 3 N–H and O–H groups in total. The van der Waals surface area contributed by atoms with E-state index in [1.54, 1.807) is 12.1 Å². The molecular weight excluding hydrogens is 434 g/mol. The summed E-state index contributed by atoms with van der Waals surface area (Å²) in [6.45, 7) is 0. The lowest BCUT2D eigenvalue weighted by molar-refractivity contribution is -0.0514. The van der Waals surface area contributed by atoms with Gasteiger partial charge in [-0.15, -0.1) is 0 Å². The van der Waals surface area contributed by atoms with Crippen molar-refractivity contribution in [1.82, 2.24) is 0 Å². The second kappa shape index (κ2) is 8.73. The highest BCUT2D eigenvalue weighted by Gasteiger charge is 2.45. The zero-order chi connectivity index (χ0) is 21.7. The quantitative estimate of drug-likeness (QED) is 0.323. The molecule has 0 amide bonds. The minimum atomic E-state index is -5.84. The first-order valence-electron chi connectivity index (χ1n) is 6.11. The third-order valence-corrected chi connectivity index (χ3v) is 3.49. The lowest BCUT2D eigenvalue weighted by atomic mass is 10.1. The van der Waals surface area contributed by atoms with E-state index in [-0.39, 0.29) is 0 Å². The van der Waals surface area contributed by atoms with Crippen LogP contribution in [0.2, 0.25) is 0 Å². The summed E-state index contributed by atoms with van der Waals surface area (Å²) in [5.74, 6) is 0.323. The third kappa shape index (κ3) is 8.89. The first-order chi connectivity index (χ1) is 11.9. The molecule has 0 heterocycles. The van der Waals surface area contributed by atoms with Crippen LogP contribution in [-0.2, 0) is 20.2 Å². The molecule has 0 fully saturated rings. The van der Waals surface area contributed by atoms with Crippen molar-refractivity contribution in [3.05, 3.63) is 42.5 Å². The molecule has 0 bridgehead atoms. The van der Waals surface area contributed by atoms with Crippen molar-refractivity contribution in [2.75, 3.05) is 0 Å². The van der Waals surface area contributed by atoms with Crippen LogP contribution in [0.5, 0.6) is 5.75 Å². The lowest BCUT2D eigenvalue weighted by Crippen LogP contribution is -2.21. The highest BCUT2D eigenvalue weighted by Crippen LogP contribution is 2.21. The maximum atomic E-state index is 10.7. The molecule has 7 nitrogen and oxygen atoms in total. The molecule has 2 rings (SSSR count). The van der Waals surface area contributed by atoms with Crippen LogP contribution < -0.4 is 0 Å². The Morgan fingerprint density at radius 1 is 0.667 bits per heavy atom. The van der Waals surface area contributed by atoms with Crippen LogP contribution >= 0.6 is 0 Å². The first-order valence-corrected chi connectivity index (χ1v) is 8.99. The monoisotopic (exact) mass is 444 g/mol. The molecule has 0 atom stereocenters. The smallest absolute Gasteiger partial charge is 0.508 e. The number of fused-ring (bicyclic) bond motifs is 1. The van der Waals surface area contributed by atoms with Gasteiger partial charge in [0.15, 0.2) is 0 Å². The predicted molar refractivity (Wildman–Crippen MR) is 80.8 cm³/mol. The summed E-state index contributed by atoms with van der Waals surface area (Å²) in [7, 11) is -11.7. The molecule has 0 spiro atoms. The van der Waals surface area contributed by atoms with Crippen molar-refractivity contribution in [2.45, 2.75) is 11.0 Å². The van der Waals surface area contributed by atoms with E-state index >= 15 is 0 Å². The number of halogens is 6. The summed E-state index contributed by atoms with van der Waals surface area (Å²) in [6.07, 6.45) is 0. The van der Waals surface area contributed by atoms with Crippen LogP contribution in [0, 0.1) is 0 Å². The standard InChI is InChI=1S/C10H8O.2CHF3O3S/c11-10-6-5-8-3-1-2-4-9(8)7-10;2*2-1(3,4)8(5,6)7/h1-7,11H;2*(H,5,6,7). The van der Waals surface area contributed by atoms with Gasteiger partial charge in [0.1, 0.15) is 5.75 Å². The molecule has 0 aliphatic rings. The topological polar surface area (TPSA) is 129 Å². The second-order valence-corrected chi connectivity index (χ2v) is 7.20. The van der Waals surface area contributed by atoms with E-state index in [9.17, 15) is 26.3 Å². The molecule has 154 valence electrons. The summed E-state index contributed by atoms with van der Waals surface area (Å²) in [4.78, 5) is 0. The number of hydrogen-bond donors (Lipinski definition) is 3. The Morgan fingerprint density at radius 3 is 1.33 bits per heavy atom. The molecule has 0 saturated carbocycles. The van der Waals surface area contributed by atoms with Crippen molar-refractivity contribution < 1.29 is 57.4 Å². The Labute approximate surface area is 148 Å². The van der Waals surface area contributed by atoms with Gasteiger partial charge in [-0.3, -0.25) is 9.11 Å². The minimum absolute atomic E-state index is 0.323. The Balaban J connectivity index is 0.000000387. The number of aromatic hydroxyl groups is 1. The normalized spacial score (nSPS) is 12.4. The molecule has 0 radical (unpaired) electrons. The van der Waals surface area contributed by atoms with Gasteiger partial charge in [0.25, 0.3) is 0 Å². The molecule has 2 aromatic carbocycles. The molecule has 0 aliphatic carbocycles. The maximum absolute atomic E-state index is 10.7. The first kappa shape index (κ1) is 24.9. The van der Waals surface area contributed by atoms with Gasteiger partial charge in [-0.1, -0.05) is 30.3 Å². The van der Waals surface area contributed by atoms with E-state index in [1.807, 2.05) is 30.3 Å². The molecule has 15 heteroatoms. The number of phenolic OH excluding ortho intramolecular Hbond substituents is 1. The van der Waals surface area contributed by atoms with E-state index in [4.69, 9.17) is 31.0 Å². The van der Waals surface area contributed by atoms with E-state index < -0.39 is 31.3 Å². The van der Waals surface area contributed by atoms with E-state index in [0.717, 1.165) is 10.8 Å². The van der Waals surface area contributed by atoms with Crippen molar-refractivity contribution in [1.29, 1.82) is 0 Å². The molecule has 0 saturated heterocycles. The van der Waals surface area contributed by atoms with Gasteiger partial charge in [-0.2, -0.15) is 43.2 Å². The fraction of sp³-hybridized carbons (Fsp3) is 0.167. The molecule has 2 aromatic rings. The van der Waals surface area contributed by atoms with E-state index in [2.05, 4.69) is 0 Å². The van der Waals surface area contributed by atoms with Gasteiger partial charge < -0.3 is 5.11 Å². The Hall–Kier alpha value is -2.10. The average molecular weight is 444 g/mol. The lowest BCUT2D eigenvalue weighted by Gasteiger charge is -1.97. The third-order valence-electron chi connectivity index (χ3n) is 2.32. The number of rotatable bonds is 0. The number of alkyl halides is 6. The van der Waals surface area contributed by atoms with E-state index in [0.29, 0.717) is 5.75 Å². The van der Waals surface area contributed by atoms with Crippen LogP contribution in [0.3, 0.4) is 0 Å². The molecule has 0 aromatic heterocycles. The second-order valence-electron chi connectivity index (χ2n) is 4.37. The van der Waals surface area contributed by atoms with Gasteiger partial charge in [0.05, 0.1) is 0 Å². The molecule has 0 unspecified atom stereocenters. The molecular formula is C12H10F6O7S2. The Kier molecular flexibility index (Phi) is 8.05. The minimum Gasteiger partial charge on any atom is -0.508 e. The van der Waals surface area contributed by atoms with Crippen molar-refractivity contribution >= 4 is 31.0 Å². The van der Waals surface area contributed by atoms with Crippen LogP contribution in [0.25, 0.3) is 10.8 Å². The molecule has 27 heavy (non-hydrogen) atoms. The highest BCUT2D eigenvalue weighted by atomic mass is 32.2. The summed E-state index contributed by atoms with van der Waals surface area (Å²) in [6, 6.07) is 13.3. The van der Waals surface area contributed by atoms with Gasteiger partial charge in [-0.25, -0.2) is 0 Å². The van der Waals surface area contributed by atoms with Crippen LogP contribution in [-0.4, -0.2) is 42.1 Å². The highest BCUT2D eigenvalue weighted by molar-refractivity contribution is 7.86. The summed E-state index contributed by atoms with van der Waals surface area (Å²) >= 11 is 0. The number of benzene rings is 2. The van der Waals surface area contributed by atoms with Gasteiger partial charge >= 0.3 is 31.3 Å². The fourth-order valence-electron chi connectivity index (χ4n) is 1.18. The Morgan fingerprint density at radius 2 is 1.00 bits per heavy atom.